The van der Waals surface area contributed by atoms with Gasteiger partial charge in [0.05, 0.1) is 21.9 Å². The molecule has 1 N–H and O–H groups in total. The molecule has 0 bridgehead atoms. The van der Waals surface area contributed by atoms with E-state index in [0.29, 0.717) is 16.6 Å². The van der Waals surface area contributed by atoms with Crippen LogP contribution in [-0.2, 0) is 13.1 Å². The predicted octanol–water partition coefficient (Wildman–Crippen LogP) is 4.58. The number of hydrogen-bond donors (Lipinski definition) is 1. The van der Waals surface area contributed by atoms with Crippen LogP contribution in [0.25, 0.3) is 0 Å². The first-order valence-corrected chi connectivity index (χ1v) is 7.05. The minimum atomic E-state index is 0.519. The molecule has 6 heteroatoms. The first kappa shape index (κ1) is 13.7. The normalized spacial score (nSPS) is 10.7. The number of anilines is 1. The van der Waals surface area contributed by atoms with Gasteiger partial charge >= 0.3 is 0 Å². The second kappa shape index (κ2) is 5.95. The lowest BCUT2D eigenvalue weighted by molar-refractivity contribution is 0.659. The van der Waals surface area contributed by atoms with Crippen LogP contribution in [0.15, 0.2) is 29.0 Å². The summed E-state index contributed by atoms with van der Waals surface area (Å²) >= 11 is 15.5. The highest BCUT2D eigenvalue weighted by Crippen LogP contribution is 2.35. The number of nitrogens with zero attached hydrogens (tertiary/aromatic N) is 2. The highest BCUT2D eigenvalue weighted by molar-refractivity contribution is 9.10. The fourth-order valence-corrected chi connectivity index (χ4v) is 2.37. The Bertz CT molecular complexity index is 554. The lowest BCUT2D eigenvalue weighted by Gasteiger charge is -2.09. The van der Waals surface area contributed by atoms with E-state index in [2.05, 4.69) is 33.3 Å². The molecule has 18 heavy (non-hydrogen) atoms. The zero-order chi connectivity index (χ0) is 13.1. The van der Waals surface area contributed by atoms with E-state index in [0.717, 1.165) is 22.3 Å². The molecule has 1 aromatic carbocycles. The lowest BCUT2D eigenvalue weighted by atomic mass is 10.3. The molecule has 0 unspecified atom stereocenters. The molecule has 0 spiro atoms. The van der Waals surface area contributed by atoms with E-state index in [1.54, 1.807) is 0 Å². The number of aromatic nitrogens is 2. The van der Waals surface area contributed by atoms with Crippen LogP contribution in [0.4, 0.5) is 5.69 Å². The van der Waals surface area contributed by atoms with Gasteiger partial charge in [-0.2, -0.15) is 5.10 Å². The number of nitrogens with one attached hydrogen (secondary N) is 1. The number of hydrogen-bond acceptors (Lipinski definition) is 2. The maximum Gasteiger partial charge on any atom is 0.0835 e. The Kier molecular flexibility index (Phi) is 4.54. The maximum absolute atomic E-state index is 6.15. The van der Waals surface area contributed by atoms with Gasteiger partial charge in [-0.1, -0.05) is 23.2 Å². The van der Waals surface area contributed by atoms with Crippen molar-refractivity contribution in [3.63, 3.8) is 0 Å². The van der Waals surface area contributed by atoms with E-state index < -0.39 is 0 Å². The van der Waals surface area contributed by atoms with E-state index in [9.17, 15) is 0 Å². The summed E-state index contributed by atoms with van der Waals surface area (Å²) in [5, 5.41) is 8.50. The zero-order valence-corrected chi connectivity index (χ0v) is 12.8. The largest absolute Gasteiger partial charge is 0.380 e. The first-order valence-electron chi connectivity index (χ1n) is 5.50. The fraction of sp³-hybridized carbons (Fsp3) is 0.250. The van der Waals surface area contributed by atoms with Gasteiger partial charge in [0, 0.05) is 29.3 Å². The summed E-state index contributed by atoms with van der Waals surface area (Å²) in [5.74, 6) is 0. The Morgan fingerprint density at radius 2 is 2.11 bits per heavy atom. The third kappa shape index (κ3) is 2.99. The number of rotatable bonds is 4. The topological polar surface area (TPSA) is 29.9 Å². The molecule has 96 valence electrons. The highest BCUT2D eigenvalue weighted by Gasteiger charge is 2.08. The molecule has 0 atom stereocenters. The predicted molar refractivity (Wildman–Crippen MR) is 79.4 cm³/mol. The van der Waals surface area contributed by atoms with Gasteiger partial charge in [-0.3, -0.25) is 4.68 Å². The third-order valence-corrected chi connectivity index (χ3v) is 4.30. The average molecular weight is 349 g/mol. The summed E-state index contributed by atoms with van der Waals surface area (Å²) in [6.07, 6.45) is 3.84. The summed E-state index contributed by atoms with van der Waals surface area (Å²) < 4.78 is 2.67. The molecule has 1 heterocycles. The van der Waals surface area contributed by atoms with Crippen molar-refractivity contribution in [2.24, 2.45) is 0 Å². The summed E-state index contributed by atoms with van der Waals surface area (Å²) in [5.41, 5.74) is 1.92. The average Bonchev–Trinajstić information content (AvgIpc) is 2.83. The van der Waals surface area contributed by atoms with Crippen molar-refractivity contribution in [2.45, 2.75) is 20.0 Å². The standard InChI is InChI=1S/C12H12BrCl2N3/c1-2-18-7-8(6-17-18)5-16-10-4-3-9(13)11(14)12(10)15/h3-4,6-7,16H,2,5H2,1H3. The van der Waals surface area contributed by atoms with E-state index in [-0.39, 0.29) is 0 Å². The molecule has 0 amide bonds. The van der Waals surface area contributed by atoms with Crippen LogP contribution in [0.2, 0.25) is 10.0 Å². The van der Waals surface area contributed by atoms with Gasteiger partial charge < -0.3 is 5.32 Å². The minimum absolute atomic E-state index is 0.519. The lowest BCUT2D eigenvalue weighted by Crippen LogP contribution is -1.99. The van der Waals surface area contributed by atoms with Crippen molar-refractivity contribution in [3.05, 3.63) is 44.6 Å². The molecule has 0 fully saturated rings. The first-order chi connectivity index (χ1) is 8.61. The SMILES string of the molecule is CCn1cc(CNc2ccc(Br)c(Cl)c2Cl)cn1. The summed E-state index contributed by atoms with van der Waals surface area (Å²) in [6.45, 7) is 3.58. The van der Waals surface area contributed by atoms with Gasteiger partial charge in [-0.25, -0.2) is 0 Å². The molecular weight excluding hydrogens is 337 g/mol. The molecule has 0 aliphatic heterocycles. The van der Waals surface area contributed by atoms with Crippen molar-refractivity contribution in [1.82, 2.24) is 9.78 Å². The van der Waals surface area contributed by atoms with Crippen molar-refractivity contribution in [1.29, 1.82) is 0 Å². The van der Waals surface area contributed by atoms with Crippen LogP contribution >= 0.6 is 39.1 Å². The molecule has 0 radical (unpaired) electrons. The zero-order valence-electron chi connectivity index (χ0n) is 9.75. The van der Waals surface area contributed by atoms with Gasteiger partial charge in [0.2, 0.25) is 0 Å². The monoisotopic (exact) mass is 347 g/mol. The van der Waals surface area contributed by atoms with Gasteiger partial charge in [-0.05, 0) is 35.0 Å². The van der Waals surface area contributed by atoms with Crippen LogP contribution in [0, 0.1) is 0 Å². The van der Waals surface area contributed by atoms with Crippen LogP contribution < -0.4 is 5.32 Å². The minimum Gasteiger partial charge on any atom is -0.380 e. The van der Waals surface area contributed by atoms with E-state index >= 15 is 0 Å². The van der Waals surface area contributed by atoms with Gasteiger partial charge in [0.15, 0.2) is 0 Å². The summed E-state index contributed by atoms with van der Waals surface area (Å²) in [4.78, 5) is 0. The van der Waals surface area contributed by atoms with Crippen LogP contribution in [0.5, 0.6) is 0 Å². The smallest absolute Gasteiger partial charge is 0.0835 e. The number of aryl methyl sites for hydroxylation is 1. The quantitative estimate of drug-likeness (QED) is 0.819. The summed E-state index contributed by atoms with van der Waals surface area (Å²) in [6, 6.07) is 3.76. The van der Waals surface area contributed by atoms with Crippen LogP contribution in [0.1, 0.15) is 12.5 Å². The molecule has 0 saturated carbocycles. The Morgan fingerprint density at radius 3 is 2.78 bits per heavy atom. The second-order valence-electron chi connectivity index (χ2n) is 3.78. The molecule has 0 saturated heterocycles. The van der Waals surface area contributed by atoms with Gasteiger partial charge in [0.25, 0.3) is 0 Å². The molecule has 1 aromatic heterocycles. The van der Waals surface area contributed by atoms with E-state index in [4.69, 9.17) is 23.2 Å². The summed E-state index contributed by atoms with van der Waals surface area (Å²) in [7, 11) is 0. The Morgan fingerprint density at radius 1 is 1.33 bits per heavy atom. The second-order valence-corrected chi connectivity index (χ2v) is 5.39. The molecule has 2 aromatic rings. The molecule has 2 rings (SSSR count). The van der Waals surface area contributed by atoms with Crippen molar-refractivity contribution in [3.8, 4) is 0 Å². The molecule has 0 aliphatic rings. The molecule has 3 nitrogen and oxygen atoms in total. The third-order valence-electron chi connectivity index (χ3n) is 2.53. The van der Waals surface area contributed by atoms with Crippen molar-refractivity contribution < 1.29 is 0 Å². The molecule has 0 aliphatic carbocycles. The Balaban J connectivity index is 2.08. The van der Waals surface area contributed by atoms with E-state index in [1.165, 1.54) is 0 Å². The van der Waals surface area contributed by atoms with Crippen LogP contribution in [-0.4, -0.2) is 9.78 Å². The van der Waals surface area contributed by atoms with Gasteiger partial charge in [0.1, 0.15) is 0 Å². The van der Waals surface area contributed by atoms with E-state index in [1.807, 2.05) is 29.2 Å². The van der Waals surface area contributed by atoms with Crippen molar-refractivity contribution >= 4 is 44.8 Å². The Labute approximate surface area is 124 Å². The molecular formula is C12H12BrCl2N3. The highest BCUT2D eigenvalue weighted by atomic mass is 79.9. The maximum atomic E-state index is 6.15. The fourth-order valence-electron chi connectivity index (χ4n) is 1.53. The number of halogens is 3. The van der Waals surface area contributed by atoms with Crippen molar-refractivity contribution in [2.75, 3.05) is 5.32 Å². The van der Waals surface area contributed by atoms with Gasteiger partial charge in [-0.15, -0.1) is 0 Å². The van der Waals surface area contributed by atoms with Crippen LogP contribution in [0.3, 0.4) is 0 Å². The Hall–Kier alpha value is -0.710. The number of benzene rings is 1.